The van der Waals surface area contributed by atoms with Crippen LogP contribution in [0.3, 0.4) is 0 Å². The third-order valence-corrected chi connectivity index (χ3v) is 2.83. The molecule has 0 aromatic heterocycles. The number of azo groups is 1. The molecule has 2 aromatic rings. The number of nitrogens with zero attached hydrogens (tertiary/aromatic N) is 3. The van der Waals surface area contributed by atoms with Crippen molar-refractivity contribution in [2.24, 2.45) is 10.2 Å². The first-order chi connectivity index (χ1) is 9.15. The highest BCUT2D eigenvalue weighted by molar-refractivity contribution is 5.69. The standard InChI is InChI=1S/C15H12FN3/c1-10-3-5-12(8-15(10)19-18-2)13-6-4-11(9-17)7-14(13)16/h3-8H,1-2H3. The highest BCUT2D eigenvalue weighted by atomic mass is 19.1. The second-order valence-corrected chi connectivity index (χ2v) is 4.11. The molecule has 0 N–H and O–H groups in total. The zero-order valence-electron chi connectivity index (χ0n) is 10.7. The van der Waals surface area contributed by atoms with E-state index in [1.807, 2.05) is 25.1 Å². The fraction of sp³-hybridized carbons (Fsp3) is 0.133. The Labute approximate surface area is 111 Å². The predicted molar refractivity (Wildman–Crippen MR) is 71.7 cm³/mol. The summed E-state index contributed by atoms with van der Waals surface area (Å²) >= 11 is 0. The first-order valence-corrected chi connectivity index (χ1v) is 5.76. The van der Waals surface area contributed by atoms with Crippen LogP contribution in [0.5, 0.6) is 0 Å². The molecule has 0 unspecified atom stereocenters. The molecule has 0 radical (unpaired) electrons. The zero-order valence-corrected chi connectivity index (χ0v) is 10.7. The minimum atomic E-state index is -0.415. The van der Waals surface area contributed by atoms with Crippen molar-refractivity contribution >= 4 is 5.69 Å². The van der Waals surface area contributed by atoms with E-state index in [1.165, 1.54) is 6.07 Å². The van der Waals surface area contributed by atoms with E-state index in [9.17, 15) is 4.39 Å². The van der Waals surface area contributed by atoms with Gasteiger partial charge in [-0.1, -0.05) is 18.2 Å². The lowest BCUT2D eigenvalue weighted by atomic mass is 10.0. The average molecular weight is 253 g/mol. The number of aryl methyl sites for hydroxylation is 1. The predicted octanol–water partition coefficient (Wildman–Crippen LogP) is 4.39. The van der Waals surface area contributed by atoms with Crippen LogP contribution in [0.1, 0.15) is 11.1 Å². The Balaban J connectivity index is 2.54. The van der Waals surface area contributed by atoms with E-state index in [2.05, 4.69) is 10.2 Å². The molecule has 0 fully saturated rings. The summed E-state index contributed by atoms with van der Waals surface area (Å²) in [6.07, 6.45) is 0. The van der Waals surface area contributed by atoms with Gasteiger partial charge in [-0.15, -0.1) is 0 Å². The lowest BCUT2D eigenvalue weighted by molar-refractivity contribution is 0.631. The molecule has 0 heterocycles. The number of halogens is 1. The Hall–Kier alpha value is -2.54. The second-order valence-electron chi connectivity index (χ2n) is 4.11. The Bertz CT molecular complexity index is 684. The van der Waals surface area contributed by atoms with Gasteiger partial charge < -0.3 is 0 Å². The van der Waals surface area contributed by atoms with Crippen LogP contribution in [0, 0.1) is 24.1 Å². The minimum absolute atomic E-state index is 0.307. The lowest BCUT2D eigenvalue weighted by Gasteiger charge is -2.06. The third kappa shape index (κ3) is 2.66. The van der Waals surface area contributed by atoms with E-state index in [0.29, 0.717) is 16.8 Å². The summed E-state index contributed by atoms with van der Waals surface area (Å²) in [5.41, 5.74) is 3.16. The molecule has 0 aliphatic carbocycles. The largest absolute Gasteiger partial charge is 0.206 e. The van der Waals surface area contributed by atoms with E-state index in [0.717, 1.165) is 11.1 Å². The van der Waals surface area contributed by atoms with Gasteiger partial charge in [-0.25, -0.2) is 4.39 Å². The smallest absolute Gasteiger partial charge is 0.132 e. The molecule has 2 rings (SSSR count). The molecular formula is C15H12FN3. The Morgan fingerprint density at radius 1 is 1.16 bits per heavy atom. The molecule has 0 spiro atoms. The van der Waals surface area contributed by atoms with Crippen molar-refractivity contribution in [2.75, 3.05) is 7.05 Å². The van der Waals surface area contributed by atoms with Crippen LogP contribution in [-0.4, -0.2) is 7.05 Å². The SMILES string of the molecule is CN=Nc1cc(-c2ccc(C#N)cc2F)ccc1C. The molecule has 0 saturated carbocycles. The second kappa shape index (κ2) is 5.40. The average Bonchev–Trinajstić information content (AvgIpc) is 2.41. The number of hydrogen-bond acceptors (Lipinski definition) is 3. The van der Waals surface area contributed by atoms with Crippen molar-refractivity contribution in [3.63, 3.8) is 0 Å². The highest BCUT2D eigenvalue weighted by Crippen LogP contribution is 2.29. The summed E-state index contributed by atoms with van der Waals surface area (Å²) in [4.78, 5) is 0. The first kappa shape index (κ1) is 12.9. The molecular weight excluding hydrogens is 241 g/mol. The van der Waals surface area contributed by atoms with Crippen LogP contribution in [0.4, 0.5) is 10.1 Å². The summed E-state index contributed by atoms with van der Waals surface area (Å²) in [7, 11) is 1.59. The van der Waals surface area contributed by atoms with Gasteiger partial charge in [-0.3, -0.25) is 0 Å². The Kier molecular flexibility index (Phi) is 3.67. The maximum atomic E-state index is 13.9. The fourth-order valence-corrected chi connectivity index (χ4v) is 1.81. The molecule has 0 atom stereocenters. The maximum absolute atomic E-state index is 13.9. The van der Waals surface area contributed by atoms with E-state index in [-0.39, 0.29) is 0 Å². The van der Waals surface area contributed by atoms with E-state index < -0.39 is 5.82 Å². The quantitative estimate of drug-likeness (QED) is 0.732. The Morgan fingerprint density at radius 3 is 2.58 bits per heavy atom. The lowest BCUT2D eigenvalue weighted by Crippen LogP contribution is -1.87. The van der Waals surface area contributed by atoms with Crippen LogP contribution in [0.2, 0.25) is 0 Å². The van der Waals surface area contributed by atoms with Gasteiger partial charge in [0.15, 0.2) is 0 Å². The first-order valence-electron chi connectivity index (χ1n) is 5.76. The molecule has 19 heavy (non-hydrogen) atoms. The molecule has 0 amide bonds. The number of rotatable bonds is 2. The molecule has 3 nitrogen and oxygen atoms in total. The number of benzene rings is 2. The van der Waals surface area contributed by atoms with Crippen molar-refractivity contribution in [3.05, 3.63) is 53.3 Å². The van der Waals surface area contributed by atoms with Crippen LogP contribution in [-0.2, 0) is 0 Å². The normalized spacial score (nSPS) is 10.6. The van der Waals surface area contributed by atoms with Crippen LogP contribution < -0.4 is 0 Å². The summed E-state index contributed by atoms with van der Waals surface area (Å²) in [6.45, 7) is 1.92. The van der Waals surface area contributed by atoms with Gasteiger partial charge in [-0.05, 0) is 36.2 Å². The van der Waals surface area contributed by atoms with Crippen molar-refractivity contribution in [1.82, 2.24) is 0 Å². The van der Waals surface area contributed by atoms with Gasteiger partial charge in [0.05, 0.1) is 17.3 Å². The monoisotopic (exact) mass is 253 g/mol. The number of hydrogen-bond donors (Lipinski definition) is 0. The van der Waals surface area contributed by atoms with Crippen LogP contribution in [0.25, 0.3) is 11.1 Å². The molecule has 94 valence electrons. The summed E-state index contributed by atoms with van der Waals surface area (Å²) in [6, 6.07) is 11.8. The highest BCUT2D eigenvalue weighted by Gasteiger charge is 2.08. The van der Waals surface area contributed by atoms with Crippen molar-refractivity contribution in [1.29, 1.82) is 5.26 Å². The topological polar surface area (TPSA) is 48.5 Å². The molecule has 0 aliphatic heterocycles. The summed E-state index contributed by atoms with van der Waals surface area (Å²) in [5, 5.41) is 16.5. The van der Waals surface area contributed by atoms with Gasteiger partial charge in [0.25, 0.3) is 0 Å². The van der Waals surface area contributed by atoms with Gasteiger partial charge in [0.1, 0.15) is 5.82 Å². The Morgan fingerprint density at radius 2 is 1.95 bits per heavy atom. The maximum Gasteiger partial charge on any atom is 0.132 e. The van der Waals surface area contributed by atoms with Gasteiger partial charge >= 0.3 is 0 Å². The van der Waals surface area contributed by atoms with E-state index in [1.54, 1.807) is 25.2 Å². The summed E-state index contributed by atoms with van der Waals surface area (Å²) in [5.74, 6) is -0.415. The van der Waals surface area contributed by atoms with Crippen LogP contribution in [0.15, 0.2) is 46.6 Å². The molecule has 2 aromatic carbocycles. The molecule has 4 heteroatoms. The van der Waals surface area contributed by atoms with Crippen molar-refractivity contribution in [2.45, 2.75) is 6.92 Å². The minimum Gasteiger partial charge on any atom is -0.206 e. The van der Waals surface area contributed by atoms with Gasteiger partial charge in [0.2, 0.25) is 0 Å². The third-order valence-electron chi connectivity index (χ3n) is 2.83. The molecule has 0 bridgehead atoms. The van der Waals surface area contributed by atoms with Gasteiger partial charge in [-0.2, -0.15) is 15.5 Å². The zero-order chi connectivity index (χ0) is 13.8. The van der Waals surface area contributed by atoms with Crippen molar-refractivity contribution in [3.8, 4) is 17.2 Å². The summed E-state index contributed by atoms with van der Waals surface area (Å²) < 4.78 is 13.9. The number of nitriles is 1. The molecule has 0 saturated heterocycles. The van der Waals surface area contributed by atoms with Crippen molar-refractivity contribution < 1.29 is 4.39 Å². The van der Waals surface area contributed by atoms with Gasteiger partial charge in [0, 0.05) is 12.6 Å². The van der Waals surface area contributed by atoms with E-state index >= 15 is 0 Å². The molecule has 0 aliphatic rings. The van der Waals surface area contributed by atoms with Crippen LogP contribution >= 0.6 is 0 Å². The van der Waals surface area contributed by atoms with E-state index in [4.69, 9.17) is 5.26 Å². The fourth-order valence-electron chi connectivity index (χ4n) is 1.81.